The van der Waals surface area contributed by atoms with Crippen LogP contribution in [0.1, 0.15) is 20.1 Å². The Morgan fingerprint density at radius 1 is 1.33 bits per heavy atom. The molecule has 6 heteroatoms. The van der Waals surface area contributed by atoms with Crippen molar-refractivity contribution in [3.63, 3.8) is 0 Å². The molecule has 0 saturated heterocycles. The molecule has 3 nitrogen and oxygen atoms in total. The summed E-state index contributed by atoms with van der Waals surface area (Å²) in [5, 5.41) is 5.63. The molecule has 2 aromatic heterocycles. The van der Waals surface area contributed by atoms with Gasteiger partial charge >= 0.3 is 0 Å². The van der Waals surface area contributed by atoms with Crippen molar-refractivity contribution in [2.24, 2.45) is 0 Å². The molecule has 3 heterocycles. The van der Waals surface area contributed by atoms with E-state index in [-0.39, 0.29) is 11.7 Å². The van der Waals surface area contributed by atoms with Gasteiger partial charge in [-0.1, -0.05) is 6.07 Å². The Balaban J connectivity index is 1.34. The number of amides is 1. The number of hydrogen-bond donors (Lipinski definition) is 1. The molecule has 0 aliphatic carbocycles. The Morgan fingerprint density at radius 2 is 2.25 bits per heavy atom. The van der Waals surface area contributed by atoms with Gasteiger partial charge in [0.1, 0.15) is 5.82 Å². The quantitative estimate of drug-likeness (QED) is 0.766. The van der Waals surface area contributed by atoms with Crippen LogP contribution in [0.15, 0.2) is 35.7 Å². The average Bonchev–Trinajstić information content (AvgIpc) is 3.21. The molecular formula is C18H17FN2OS2. The second-order valence-corrected chi connectivity index (χ2v) is 8.00. The van der Waals surface area contributed by atoms with E-state index in [4.69, 9.17) is 0 Å². The number of fused-ring (bicyclic) bond motifs is 2. The van der Waals surface area contributed by atoms with Crippen LogP contribution in [0.4, 0.5) is 4.39 Å². The highest BCUT2D eigenvalue weighted by Gasteiger charge is 2.17. The lowest BCUT2D eigenvalue weighted by atomic mass is 10.1. The minimum Gasteiger partial charge on any atom is -0.350 e. The maximum Gasteiger partial charge on any atom is 0.261 e. The highest BCUT2D eigenvalue weighted by molar-refractivity contribution is 7.20. The Hall–Kier alpha value is -1.76. The van der Waals surface area contributed by atoms with Crippen LogP contribution >= 0.6 is 22.7 Å². The van der Waals surface area contributed by atoms with Crippen molar-refractivity contribution in [2.75, 3.05) is 19.6 Å². The van der Waals surface area contributed by atoms with Gasteiger partial charge in [0.25, 0.3) is 5.91 Å². The van der Waals surface area contributed by atoms with Gasteiger partial charge in [-0.05, 0) is 41.6 Å². The van der Waals surface area contributed by atoms with Crippen molar-refractivity contribution in [1.29, 1.82) is 0 Å². The average molecular weight is 360 g/mol. The van der Waals surface area contributed by atoms with E-state index < -0.39 is 0 Å². The third-order valence-corrected chi connectivity index (χ3v) is 6.45. The van der Waals surface area contributed by atoms with E-state index in [2.05, 4.69) is 21.7 Å². The van der Waals surface area contributed by atoms with Gasteiger partial charge in [0, 0.05) is 41.1 Å². The number of hydrogen-bond acceptors (Lipinski definition) is 4. The molecule has 0 fully saturated rings. The molecule has 1 aliphatic heterocycles. The molecule has 0 unspecified atom stereocenters. The topological polar surface area (TPSA) is 32.3 Å². The molecule has 1 amide bonds. The van der Waals surface area contributed by atoms with Crippen LogP contribution in [0.5, 0.6) is 0 Å². The van der Waals surface area contributed by atoms with Crippen molar-refractivity contribution in [3.05, 3.63) is 56.8 Å². The lowest BCUT2D eigenvalue weighted by Gasteiger charge is -2.26. The van der Waals surface area contributed by atoms with Gasteiger partial charge < -0.3 is 5.32 Å². The van der Waals surface area contributed by atoms with Gasteiger partial charge in [0.15, 0.2) is 0 Å². The first-order chi connectivity index (χ1) is 11.7. The molecule has 1 aliphatic rings. The van der Waals surface area contributed by atoms with E-state index in [1.807, 2.05) is 17.4 Å². The van der Waals surface area contributed by atoms with Gasteiger partial charge in [-0.25, -0.2) is 4.39 Å². The summed E-state index contributed by atoms with van der Waals surface area (Å²) in [5.74, 6) is -0.397. The maximum absolute atomic E-state index is 13.7. The summed E-state index contributed by atoms with van der Waals surface area (Å²) in [6.45, 7) is 3.44. The number of carbonyl (C=O) groups excluding carboxylic acids is 1. The number of thiophene rings is 2. The standard InChI is InChI=1S/C18H17FN2OS2/c19-14-2-1-3-16-13(14)10-17(24-16)18(22)20-6-8-21-7-4-15-12(11-21)5-9-23-15/h1-3,5,9-10H,4,6-8,11H2,(H,20,22). The molecule has 1 N–H and O–H groups in total. The Labute approximate surface area is 147 Å². The summed E-state index contributed by atoms with van der Waals surface area (Å²) in [4.78, 5) is 16.7. The largest absolute Gasteiger partial charge is 0.350 e. The number of nitrogens with zero attached hydrogens (tertiary/aromatic N) is 1. The van der Waals surface area contributed by atoms with Gasteiger partial charge in [0.05, 0.1) is 4.88 Å². The zero-order valence-corrected chi connectivity index (χ0v) is 14.7. The van der Waals surface area contributed by atoms with Crippen LogP contribution in [0.3, 0.4) is 0 Å². The fraction of sp³-hybridized carbons (Fsp3) is 0.278. The number of rotatable bonds is 4. The van der Waals surface area contributed by atoms with Crippen LogP contribution < -0.4 is 5.32 Å². The first kappa shape index (κ1) is 15.7. The fourth-order valence-corrected chi connectivity index (χ4v) is 4.93. The van der Waals surface area contributed by atoms with Gasteiger partial charge in [-0.15, -0.1) is 22.7 Å². The lowest BCUT2D eigenvalue weighted by Crippen LogP contribution is -2.37. The van der Waals surface area contributed by atoms with Crippen molar-refractivity contribution >= 4 is 38.7 Å². The summed E-state index contributed by atoms with van der Waals surface area (Å²) in [6, 6.07) is 8.77. The monoisotopic (exact) mass is 360 g/mol. The van der Waals surface area contributed by atoms with Crippen molar-refractivity contribution in [2.45, 2.75) is 13.0 Å². The predicted molar refractivity (Wildman–Crippen MR) is 97.4 cm³/mol. The Morgan fingerprint density at radius 3 is 3.12 bits per heavy atom. The lowest BCUT2D eigenvalue weighted by molar-refractivity contribution is 0.0951. The molecule has 4 rings (SSSR count). The number of carbonyl (C=O) groups is 1. The minimum absolute atomic E-state index is 0.121. The molecule has 3 aromatic rings. The Kier molecular flexibility index (Phi) is 4.35. The van der Waals surface area contributed by atoms with E-state index in [0.717, 1.165) is 30.8 Å². The van der Waals surface area contributed by atoms with Gasteiger partial charge in [-0.3, -0.25) is 9.69 Å². The van der Waals surface area contributed by atoms with Crippen LogP contribution in [0.2, 0.25) is 0 Å². The first-order valence-corrected chi connectivity index (χ1v) is 9.64. The summed E-state index contributed by atoms with van der Waals surface area (Å²) in [5.41, 5.74) is 1.41. The third-order valence-electron chi connectivity index (χ3n) is 4.33. The van der Waals surface area contributed by atoms with Crippen molar-refractivity contribution in [1.82, 2.24) is 10.2 Å². The highest BCUT2D eigenvalue weighted by atomic mass is 32.1. The molecule has 0 radical (unpaired) electrons. The molecular weight excluding hydrogens is 343 g/mol. The summed E-state index contributed by atoms with van der Waals surface area (Å²) in [7, 11) is 0. The van der Waals surface area contributed by atoms with E-state index in [1.54, 1.807) is 12.1 Å². The molecule has 0 atom stereocenters. The third kappa shape index (κ3) is 3.09. The summed E-state index contributed by atoms with van der Waals surface area (Å²) in [6.07, 6.45) is 1.09. The fourth-order valence-electron chi connectivity index (χ4n) is 3.05. The van der Waals surface area contributed by atoms with Crippen LogP contribution in [0, 0.1) is 5.82 Å². The van der Waals surface area contributed by atoms with Crippen LogP contribution in [-0.2, 0) is 13.0 Å². The molecule has 124 valence electrons. The van der Waals surface area contributed by atoms with Crippen LogP contribution in [-0.4, -0.2) is 30.4 Å². The molecule has 0 bridgehead atoms. The smallest absolute Gasteiger partial charge is 0.261 e. The molecule has 24 heavy (non-hydrogen) atoms. The second-order valence-electron chi connectivity index (χ2n) is 5.91. The second kappa shape index (κ2) is 6.63. The van der Waals surface area contributed by atoms with Gasteiger partial charge in [0.2, 0.25) is 0 Å². The Bertz CT molecular complexity index is 886. The predicted octanol–water partition coefficient (Wildman–Crippen LogP) is 3.89. The molecule has 0 spiro atoms. The molecule has 1 aromatic carbocycles. The maximum atomic E-state index is 13.7. The normalized spacial score (nSPS) is 14.7. The van der Waals surface area contributed by atoms with Gasteiger partial charge in [-0.2, -0.15) is 0 Å². The van der Waals surface area contributed by atoms with Crippen molar-refractivity contribution in [3.8, 4) is 0 Å². The minimum atomic E-state index is -0.275. The zero-order valence-electron chi connectivity index (χ0n) is 13.0. The van der Waals surface area contributed by atoms with E-state index in [1.165, 1.54) is 27.8 Å². The SMILES string of the molecule is O=C(NCCN1CCc2sccc2C1)c1cc2c(F)cccc2s1. The van der Waals surface area contributed by atoms with Crippen LogP contribution in [0.25, 0.3) is 10.1 Å². The number of benzene rings is 1. The summed E-state index contributed by atoms with van der Waals surface area (Å²) >= 11 is 3.16. The van der Waals surface area contributed by atoms with E-state index >= 15 is 0 Å². The number of halogens is 1. The highest BCUT2D eigenvalue weighted by Crippen LogP contribution is 2.27. The summed E-state index contributed by atoms with van der Waals surface area (Å²) < 4.78 is 14.5. The van der Waals surface area contributed by atoms with E-state index in [9.17, 15) is 9.18 Å². The first-order valence-electron chi connectivity index (χ1n) is 7.94. The van der Waals surface area contributed by atoms with E-state index in [0.29, 0.717) is 16.8 Å². The zero-order chi connectivity index (χ0) is 16.5. The molecule has 0 saturated carbocycles. The number of nitrogens with one attached hydrogen (secondary N) is 1. The van der Waals surface area contributed by atoms with Crippen molar-refractivity contribution < 1.29 is 9.18 Å².